The van der Waals surface area contributed by atoms with Gasteiger partial charge >= 0.3 is 0 Å². The van der Waals surface area contributed by atoms with E-state index in [9.17, 15) is 5.11 Å². The lowest BCUT2D eigenvalue weighted by molar-refractivity contribution is 0.00110. The molecule has 1 aliphatic carbocycles. The lowest BCUT2D eigenvalue weighted by Gasteiger charge is -2.23. The van der Waals surface area contributed by atoms with E-state index in [0.29, 0.717) is 6.61 Å². The van der Waals surface area contributed by atoms with Gasteiger partial charge in [0.25, 0.3) is 0 Å². The van der Waals surface area contributed by atoms with E-state index in [1.165, 1.54) is 0 Å². The highest BCUT2D eigenvalue weighted by Gasteiger charge is 2.32. The molecule has 2 rings (SSSR count). The normalized spacial score (nSPS) is 17.1. The zero-order valence-electron chi connectivity index (χ0n) is 12.4. The van der Waals surface area contributed by atoms with Gasteiger partial charge in [-0.3, -0.25) is 0 Å². The minimum atomic E-state index is -0.643. The second kappa shape index (κ2) is 6.95. The fraction of sp³-hybridized carbons (Fsp3) is 0.625. The summed E-state index contributed by atoms with van der Waals surface area (Å²) in [5.74, 6) is 1.65. The number of rotatable bonds is 7. The van der Waals surface area contributed by atoms with E-state index in [4.69, 9.17) is 9.47 Å². The third kappa shape index (κ3) is 3.87. The highest BCUT2D eigenvalue weighted by atomic mass is 16.5. The first-order valence-electron chi connectivity index (χ1n) is 7.40. The maximum atomic E-state index is 10.4. The third-order valence-electron chi connectivity index (χ3n) is 3.86. The molecule has 1 saturated carbocycles. The van der Waals surface area contributed by atoms with E-state index in [-0.39, 0.29) is 0 Å². The molecule has 0 saturated heterocycles. The number of ether oxygens (including phenoxy) is 2. The van der Waals surface area contributed by atoms with Crippen molar-refractivity contribution in [2.45, 2.75) is 44.8 Å². The molecule has 0 amide bonds. The van der Waals surface area contributed by atoms with Crippen LogP contribution in [-0.4, -0.2) is 31.0 Å². The number of aliphatic hydroxyl groups is 1. The van der Waals surface area contributed by atoms with Crippen LogP contribution in [0.5, 0.6) is 11.5 Å². The van der Waals surface area contributed by atoms with Crippen molar-refractivity contribution in [1.82, 2.24) is 5.32 Å². The Morgan fingerprint density at radius 3 is 2.70 bits per heavy atom. The maximum absolute atomic E-state index is 10.4. The molecule has 2 N–H and O–H groups in total. The predicted octanol–water partition coefficient (Wildman–Crippen LogP) is 2.49. The number of nitrogens with one attached hydrogen (secondary N) is 1. The Hall–Kier alpha value is -1.26. The molecule has 0 aliphatic heterocycles. The summed E-state index contributed by atoms with van der Waals surface area (Å²) in [6.45, 7) is 4.09. The lowest BCUT2D eigenvalue weighted by atomic mass is 10.0. The van der Waals surface area contributed by atoms with Crippen LogP contribution in [0.4, 0.5) is 0 Å². The van der Waals surface area contributed by atoms with Gasteiger partial charge in [0.1, 0.15) is 18.1 Å². The molecule has 1 aromatic rings. The van der Waals surface area contributed by atoms with Crippen molar-refractivity contribution in [3.63, 3.8) is 0 Å². The Kier molecular flexibility index (Phi) is 5.26. The molecule has 0 heterocycles. The largest absolute Gasteiger partial charge is 0.497 e. The Labute approximate surface area is 121 Å². The molecule has 0 aromatic heterocycles. The van der Waals surface area contributed by atoms with Crippen molar-refractivity contribution >= 4 is 0 Å². The van der Waals surface area contributed by atoms with Crippen molar-refractivity contribution < 1.29 is 14.6 Å². The lowest BCUT2D eigenvalue weighted by Crippen LogP contribution is -2.32. The van der Waals surface area contributed by atoms with Crippen LogP contribution in [0.25, 0.3) is 0 Å². The van der Waals surface area contributed by atoms with Crippen LogP contribution >= 0.6 is 0 Å². The fourth-order valence-electron chi connectivity index (χ4n) is 2.61. The van der Waals surface area contributed by atoms with Gasteiger partial charge in [-0.05, 0) is 37.6 Å². The Balaban J connectivity index is 2.04. The molecule has 1 aromatic carbocycles. The molecule has 4 nitrogen and oxygen atoms in total. The summed E-state index contributed by atoms with van der Waals surface area (Å²) in [5, 5.41) is 13.7. The van der Waals surface area contributed by atoms with Gasteiger partial charge in [-0.1, -0.05) is 19.8 Å². The quantitative estimate of drug-likeness (QED) is 0.805. The average Bonchev–Trinajstić information content (AvgIpc) is 2.90. The monoisotopic (exact) mass is 279 g/mol. The van der Waals surface area contributed by atoms with Crippen LogP contribution in [0.15, 0.2) is 18.2 Å². The van der Waals surface area contributed by atoms with Crippen molar-refractivity contribution in [3.8, 4) is 11.5 Å². The first-order valence-corrected chi connectivity index (χ1v) is 7.40. The second-order valence-electron chi connectivity index (χ2n) is 5.47. The Bertz CT molecular complexity index is 428. The van der Waals surface area contributed by atoms with Crippen LogP contribution in [0, 0.1) is 0 Å². The second-order valence-corrected chi connectivity index (χ2v) is 5.47. The summed E-state index contributed by atoms with van der Waals surface area (Å²) in [4.78, 5) is 0. The first-order chi connectivity index (χ1) is 9.67. The molecule has 0 unspecified atom stereocenters. The highest BCUT2D eigenvalue weighted by molar-refractivity contribution is 5.40. The minimum Gasteiger partial charge on any atom is -0.497 e. The fourth-order valence-corrected chi connectivity index (χ4v) is 2.61. The Morgan fingerprint density at radius 2 is 2.05 bits per heavy atom. The predicted molar refractivity (Wildman–Crippen MR) is 79.3 cm³/mol. The summed E-state index contributed by atoms with van der Waals surface area (Å²) < 4.78 is 11.1. The van der Waals surface area contributed by atoms with E-state index in [2.05, 4.69) is 12.2 Å². The molecule has 1 fully saturated rings. The van der Waals surface area contributed by atoms with Gasteiger partial charge in [-0.15, -0.1) is 0 Å². The van der Waals surface area contributed by atoms with Gasteiger partial charge in [-0.25, -0.2) is 0 Å². The van der Waals surface area contributed by atoms with Crippen molar-refractivity contribution in [2.24, 2.45) is 0 Å². The number of hydrogen-bond acceptors (Lipinski definition) is 4. The Morgan fingerprint density at radius 1 is 1.30 bits per heavy atom. The third-order valence-corrected chi connectivity index (χ3v) is 3.86. The first kappa shape index (κ1) is 15.1. The van der Waals surface area contributed by atoms with E-state index in [1.807, 2.05) is 18.2 Å². The molecule has 112 valence electrons. The van der Waals surface area contributed by atoms with Crippen LogP contribution in [0.3, 0.4) is 0 Å². The van der Waals surface area contributed by atoms with Gasteiger partial charge in [0, 0.05) is 12.1 Å². The molecule has 0 bridgehead atoms. The van der Waals surface area contributed by atoms with Gasteiger partial charge in [0.15, 0.2) is 0 Å². The highest BCUT2D eigenvalue weighted by Crippen LogP contribution is 2.31. The number of hydrogen-bond donors (Lipinski definition) is 2. The molecule has 4 heteroatoms. The van der Waals surface area contributed by atoms with Crippen LogP contribution in [-0.2, 0) is 6.54 Å². The van der Waals surface area contributed by atoms with Crippen LogP contribution < -0.4 is 14.8 Å². The van der Waals surface area contributed by atoms with Crippen molar-refractivity contribution in [3.05, 3.63) is 23.8 Å². The van der Waals surface area contributed by atoms with Crippen molar-refractivity contribution in [1.29, 1.82) is 0 Å². The van der Waals surface area contributed by atoms with E-state index < -0.39 is 5.60 Å². The topological polar surface area (TPSA) is 50.7 Å². The van der Waals surface area contributed by atoms with Gasteiger partial charge in [-0.2, -0.15) is 0 Å². The SMILES string of the molecule is CCNCc1cc(OC)ccc1OCC1(O)CCCC1. The molecule has 0 spiro atoms. The summed E-state index contributed by atoms with van der Waals surface area (Å²) >= 11 is 0. The maximum Gasteiger partial charge on any atom is 0.124 e. The zero-order valence-corrected chi connectivity index (χ0v) is 12.4. The molecular formula is C16H25NO3. The molecule has 0 atom stereocenters. The van der Waals surface area contributed by atoms with Gasteiger partial charge in [0.2, 0.25) is 0 Å². The average molecular weight is 279 g/mol. The van der Waals surface area contributed by atoms with Crippen LogP contribution in [0.1, 0.15) is 38.2 Å². The standard InChI is InChI=1S/C16H25NO3/c1-3-17-11-13-10-14(19-2)6-7-15(13)20-12-16(18)8-4-5-9-16/h6-7,10,17-18H,3-5,8-9,11-12H2,1-2H3. The van der Waals surface area contributed by atoms with Crippen LogP contribution in [0.2, 0.25) is 0 Å². The summed E-state index contributed by atoms with van der Waals surface area (Å²) in [7, 11) is 1.66. The van der Waals surface area contributed by atoms with E-state index in [0.717, 1.165) is 55.8 Å². The van der Waals surface area contributed by atoms with Gasteiger partial charge in [0.05, 0.1) is 12.7 Å². The summed E-state index contributed by atoms with van der Waals surface area (Å²) in [5.41, 5.74) is 0.419. The molecule has 0 radical (unpaired) electrons. The smallest absolute Gasteiger partial charge is 0.124 e. The van der Waals surface area contributed by atoms with Gasteiger partial charge < -0.3 is 19.9 Å². The zero-order chi connectivity index (χ0) is 14.4. The summed E-state index contributed by atoms with van der Waals surface area (Å²) in [6.07, 6.45) is 3.86. The van der Waals surface area contributed by atoms with E-state index >= 15 is 0 Å². The van der Waals surface area contributed by atoms with Crippen molar-refractivity contribution in [2.75, 3.05) is 20.3 Å². The molecule has 1 aliphatic rings. The number of benzene rings is 1. The molecule has 20 heavy (non-hydrogen) atoms. The summed E-state index contributed by atoms with van der Waals surface area (Å²) in [6, 6.07) is 5.80. The van der Waals surface area contributed by atoms with E-state index in [1.54, 1.807) is 7.11 Å². The number of methoxy groups -OCH3 is 1. The minimum absolute atomic E-state index is 0.373. The molecular weight excluding hydrogens is 254 g/mol.